The molecule has 3 aromatic heterocycles. The van der Waals surface area contributed by atoms with Gasteiger partial charge in [-0.05, 0) is 53.1 Å². The van der Waals surface area contributed by atoms with Crippen LogP contribution in [0.15, 0.2) is 61.1 Å². The molecule has 32 heavy (non-hydrogen) atoms. The Kier molecular flexibility index (Phi) is 5.04. The summed E-state index contributed by atoms with van der Waals surface area (Å²) in [5.41, 5.74) is 11.8. The lowest BCUT2D eigenvalue weighted by Gasteiger charge is -2.11. The number of hydrogen-bond donors (Lipinski definition) is 4. The Bertz CT molecular complexity index is 1430. The number of nitrogens with zero attached hydrogens (tertiary/aromatic N) is 3. The van der Waals surface area contributed by atoms with E-state index in [0.29, 0.717) is 17.9 Å². The van der Waals surface area contributed by atoms with Gasteiger partial charge in [-0.15, -0.1) is 0 Å². The van der Waals surface area contributed by atoms with E-state index in [2.05, 4.69) is 25.3 Å². The zero-order valence-corrected chi connectivity index (χ0v) is 17.5. The highest BCUT2D eigenvalue weighted by atomic mass is 16.5. The minimum absolute atomic E-state index is 0.0764. The van der Waals surface area contributed by atoms with Crippen LogP contribution in [-0.2, 0) is 13.2 Å². The average molecular weight is 426 g/mol. The van der Waals surface area contributed by atoms with E-state index < -0.39 is 0 Å². The summed E-state index contributed by atoms with van der Waals surface area (Å²) in [7, 11) is 1.84. The van der Waals surface area contributed by atoms with Gasteiger partial charge in [-0.2, -0.15) is 0 Å². The summed E-state index contributed by atoms with van der Waals surface area (Å²) < 4.78 is 6.06. The van der Waals surface area contributed by atoms with Gasteiger partial charge in [-0.25, -0.2) is 15.0 Å². The van der Waals surface area contributed by atoms with Crippen molar-refractivity contribution in [2.45, 2.75) is 13.2 Å². The Morgan fingerprint density at radius 3 is 2.75 bits per heavy atom. The van der Waals surface area contributed by atoms with E-state index in [1.807, 2.05) is 61.8 Å². The summed E-state index contributed by atoms with van der Waals surface area (Å²) in [5, 5.41) is 13.9. The minimum atomic E-state index is -0.0764. The summed E-state index contributed by atoms with van der Waals surface area (Å²) in [6.07, 6.45) is 3.30. The van der Waals surface area contributed by atoms with Gasteiger partial charge in [0.05, 0.1) is 12.1 Å². The van der Waals surface area contributed by atoms with Crippen molar-refractivity contribution in [1.29, 1.82) is 0 Å². The summed E-state index contributed by atoms with van der Waals surface area (Å²) in [5.74, 6) is 1.93. The van der Waals surface area contributed by atoms with Gasteiger partial charge in [-0.3, -0.25) is 0 Å². The van der Waals surface area contributed by atoms with E-state index in [1.165, 1.54) is 6.33 Å². The van der Waals surface area contributed by atoms with Gasteiger partial charge in [0, 0.05) is 30.3 Å². The number of rotatable bonds is 6. The molecule has 0 amide bonds. The van der Waals surface area contributed by atoms with Crippen LogP contribution >= 0.6 is 0 Å². The number of fused-ring (bicyclic) bond motifs is 2. The molecule has 5 aromatic rings. The predicted octanol–water partition coefficient (Wildman–Crippen LogP) is 3.87. The molecule has 160 valence electrons. The number of aromatic nitrogens is 4. The summed E-state index contributed by atoms with van der Waals surface area (Å²) in [6, 6.07) is 15.7. The molecule has 2 aromatic carbocycles. The Balaban J connectivity index is 1.45. The number of aliphatic hydroxyl groups excluding tert-OH is 1. The number of H-pyrrole nitrogens is 1. The Labute approximate surface area is 184 Å². The predicted molar refractivity (Wildman–Crippen MR) is 125 cm³/mol. The Hall–Kier alpha value is -4.17. The van der Waals surface area contributed by atoms with E-state index in [0.717, 1.165) is 50.2 Å². The monoisotopic (exact) mass is 426 g/mol. The van der Waals surface area contributed by atoms with Crippen LogP contribution < -0.4 is 15.8 Å². The topological polar surface area (TPSA) is 122 Å². The first-order valence-electron chi connectivity index (χ1n) is 10.2. The molecule has 0 aliphatic carbocycles. The zero-order valence-electron chi connectivity index (χ0n) is 17.5. The number of nitrogen functional groups attached to an aromatic ring is 1. The van der Waals surface area contributed by atoms with Gasteiger partial charge in [0.1, 0.15) is 35.5 Å². The summed E-state index contributed by atoms with van der Waals surface area (Å²) >= 11 is 0. The van der Waals surface area contributed by atoms with Gasteiger partial charge >= 0.3 is 0 Å². The van der Waals surface area contributed by atoms with E-state index in [9.17, 15) is 5.11 Å². The number of nitrogens with one attached hydrogen (secondary N) is 2. The highest BCUT2D eigenvalue weighted by Crippen LogP contribution is 2.31. The Morgan fingerprint density at radius 2 is 1.91 bits per heavy atom. The first-order valence-corrected chi connectivity index (χ1v) is 10.2. The maximum absolute atomic E-state index is 9.79. The molecule has 8 nitrogen and oxygen atoms in total. The van der Waals surface area contributed by atoms with Crippen LogP contribution in [0.2, 0.25) is 0 Å². The number of nitrogens with two attached hydrogens (primary N) is 1. The van der Waals surface area contributed by atoms with Crippen LogP contribution in [0.5, 0.6) is 5.75 Å². The molecule has 0 aliphatic rings. The fourth-order valence-corrected chi connectivity index (χ4v) is 3.76. The third-order valence-corrected chi connectivity index (χ3v) is 5.36. The van der Waals surface area contributed by atoms with Crippen molar-refractivity contribution in [3.8, 4) is 16.9 Å². The van der Waals surface area contributed by atoms with Crippen LogP contribution in [0.25, 0.3) is 33.1 Å². The minimum Gasteiger partial charge on any atom is -0.489 e. The fourth-order valence-electron chi connectivity index (χ4n) is 3.76. The zero-order chi connectivity index (χ0) is 22.1. The van der Waals surface area contributed by atoms with Crippen molar-refractivity contribution in [3.63, 3.8) is 0 Å². The molecule has 0 saturated carbocycles. The lowest BCUT2D eigenvalue weighted by atomic mass is 10.0. The number of hydrogen-bond acceptors (Lipinski definition) is 7. The molecule has 8 heteroatoms. The van der Waals surface area contributed by atoms with Crippen molar-refractivity contribution >= 4 is 33.6 Å². The molecule has 0 aliphatic heterocycles. The van der Waals surface area contributed by atoms with Crippen molar-refractivity contribution in [2.75, 3.05) is 18.1 Å². The number of benzene rings is 2. The molecular formula is C24H22N6O2. The van der Waals surface area contributed by atoms with E-state index in [4.69, 9.17) is 10.5 Å². The largest absolute Gasteiger partial charge is 0.489 e. The van der Waals surface area contributed by atoms with Gasteiger partial charge in [0.15, 0.2) is 5.82 Å². The molecular weight excluding hydrogens is 404 g/mol. The second-order valence-corrected chi connectivity index (χ2v) is 7.47. The average Bonchev–Trinajstić information content (AvgIpc) is 3.27. The molecule has 0 fully saturated rings. The van der Waals surface area contributed by atoms with E-state index in [1.54, 1.807) is 0 Å². The van der Waals surface area contributed by atoms with Crippen LogP contribution in [0, 0.1) is 0 Å². The molecule has 0 unspecified atom stereocenters. The third kappa shape index (κ3) is 3.67. The molecule has 5 rings (SSSR count). The number of aliphatic hydroxyl groups is 1. The van der Waals surface area contributed by atoms with Gasteiger partial charge in [0.2, 0.25) is 0 Å². The van der Waals surface area contributed by atoms with E-state index in [-0.39, 0.29) is 6.61 Å². The highest BCUT2D eigenvalue weighted by Gasteiger charge is 2.12. The molecule has 5 N–H and O–H groups in total. The highest BCUT2D eigenvalue weighted by molar-refractivity contribution is 5.97. The second-order valence-electron chi connectivity index (χ2n) is 7.47. The molecule has 0 atom stereocenters. The quantitative estimate of drug-likeness (QED) is 0.325. The van der Waals surface area contributed by atoms with E-state index >= 15 is 0 Å². The van der Waals surface area contributed by atoms with Crippen LogP contribution in [0.4, 0.5) is 11.6 Å². The first kappa shape index (κ1) is 19.8. The summed E-state index contributed by atoms with van der Waals surface area (Å²) in [6.45, 7) is 0.268. The lowest BCUT2D eigenvalue weighted by molar-refractivity contribution is 0.280. The van der Waals surface area contributed by atoms with Crippen LogP contribution in [-0.4, -0.2) is 32.1 Å². The third-order valence-electron chi connectivity index (χ3n) is 5.36. The number of pyridine rings is 1. The van der Waals surface area contributed by atoms with Crippen molar-refractivity contribution in [3.05, 3.63) is 72.2 Å². The maximum atomic E-state index is 9.79. The van der Waals surface area contributed by atoms with Crippen molar-refractivity contribution < 1.29 is 9.84 Å². The van der Waals surface area contributed by atoms with Gasteiger partial charge in [0.25, 0.3) is 0 Å². The smallest absolute Gasteiger partial charge is 0.151 e. The molecule has 0 radical (unpaired) electrons. The van der Waals surface area contributed by atoms with Crippen molar-refractivity contribution in [1.82, 2.24) is 19.9 Å². The molecule has 0 bridgehead atoms. The van der Waals surface area contributed by atoms with Gasteiger partial charge in [-0.1, -0.05) is 6.07 Å². The first-order chi connectivity index (χ1) is 15.6. The number of anilines is 2. The molecule has 0 spiro atoms. The normalized spacial score (nSPS) is 11.2. The molecule has 3 heterocycles. The molecule has 0 saturated heterocycles. The standard InChI is InChI=1S/C24H22N6O2/c1-26-21-5-3-16-2-4-18(9-20(16)30-21)32-12-15-6-14(11-31)7-17(8-15)19-10-27-23-22(19)28-13-29-24(23)25/h2-10,13,27,31H,11-12H2,1H3,(H,26,30)(H2,25,28,29). The SMILES string of the molecule is CNc1ccc2ccc(OCc3cc(CO)cc(-c4c[nH]c5c(N)ncnc45)c3)cc2n1. The Morgan fingerprint density at radius 1 is 1.06 bits per heavy atom. The number of ether oxygens (including phenoxy) is 1. The summed E-state index contributed by atoms with van der Waals surface area (Å²) in [4.78, 5) is 16.1. The maximum Gasteiger partial charge on any atom is 0.151 e. The number of aromatic amines is 1. The van der Waals surface area contributed by atoms with Crippen LogP contribution in [0.3, 0.4) is 0 Å². The van der Waals surface area contributed by atoms with Crippen LogP contribution in [0.1, 0.15) is 11.1 Å². The second kappa shape index (κ2) is 8.16. The van der Waals surface area contributed by atoms with Gasteiger partial charge < -0.3 is 25.9 Å². The lowest BCUT2D eigenvalue weighted by Crippen LogP contribution is -1.98. The van der Waals surface area contributed by atoms with Crippen molar-refractivity contribution in [2.24, 2.45) is 0 Å². The fraction of sp³-hybridized carbons (Fsp3) is 0.125.